The Morgan fingerprint density at radius 1 is 1.10 bits per heavy atom. The largest absolute Gasteiger partial charge is 0.461 e. The Bertz CT molecular complexity index is 1650. The van der Waals surface area contributed by atoms with E-state index in [0.717, 1.165) is 6.07 Å². The average molecular weight is 536 g/mol. The standard InChI is InChI=1S/C26H27F2N9O2/c1-15(2)12-20(25(38)35-9-7-34(8-10-35)19-6-5-16(27)13-18(19)28)36-24-17(14-30-36)23-31-22(21-4-3-11-39-21)33-37(23)26(29)32-24/h3-6,11,13-15,20H,7-10,12H2,1-2H3,(H2,29,32)/t20-/m0/s1. The van der Waals surface area contributed by atoms with E-state index in [-0.39, 0.29) is 17.8 Å². The third kappa shape index (κ3) is 4.43. The highest BCUT2D eigenvalue weighted by atomic mass is 19.1. The van der Waals surface area contributed by atoms with Gasteiger partial charge in [-0.05, 0) is 36.6 Å². The maximum Gasteiger partial charge on any atom is 0.247 e. The van der Waals surface area contributed by atoms with Crippen molar-refractivity contribution < 1.29 is 18.0 Å². The summed E-state index contributed by atoms with van der Waals surface area (Å²) in [5.41, 5.74) is 7.47. The Morgan fingerprint density at radius 2 is 1.90 bits per heavy atom. The Kier molecular flexibility index (Phi) is 6.12. The van der Waals surface area contributed by atoms with Crippen LogP contribution < -0.4 is 10.6 Å². The number of nitrogens with zero attached hydrogens (tertiary/aromatic N) is 8. The van der Waals surface area contributed by atoms with E-state index in [1.165, 1.54) is 22.9 Å². The van der Waals surface area contributed by atoms with Crippen molar-refractivity contribution in [2.75, 3.05) is 36.8 Å². The lowest BCUT2D eigenvalue weighted by atomic mass is 10.0. The van der Waals surface area contributed by atoms with Gasteiger partial charge in [-0.15, -0.1) is 5.10 Å². The predicted octanol–water partition coefficient (Wildman–Crippen LogP) is 3.53. The highest BCUT2D eigenvalue weighted by Crippen LogP contribution is 2.29. The molecule has 1 atom stereocenters. The lowest BCUT2D eigenvalue weighted by Gasteiger charge is -2.38. The number of nitrogen functional groups attached to an aromatic ring is 1. The smallest absolute Gasteiger partial charge is 0.247 e. The number of furan rings is 1. The van der Waals surface area contributed by atoms with E-state index in [1.54, 1.807) is 27.9 Å². The number of anilines is 2. The highest BCUT2D eigenvalue weighted by Gasteiger charge is 2.32. The molecule has 0 bridgehead atoms. The van der Waals surface area contributed by atoms with E-state index in [2.05, 4.69) is 20.2 Å². The minimum absolute atomic E-state index is 0.106. The van der Waals surface area contributed by atoms with Gasteiger partial charge in [0.1, 0.15) is 17.7 Å². The molecule has 0 spiro atoms. The zero-order valence-corrected chi connectivity index (χ0v) is 21.5. The van der Waals surface area contributed by atoms with E-state index < -0.39 is 17.7 Å². The van der Waals surface area contributed by atoms with Gasteiger partial charge >= 0.3 is 0 Å². The Balaban J connectivity index is 1.30. The van der Waals surface area contributed by atoms with Gasteiger partial charge in [0, 0.05) is 32.2 Å². The molecule has 2 N–H and O–H groups in total. The Morgan fingerprint density at radius 3 is 2.59 bits per heavy atom. The summed E-state index contributed by atoms with van der Waals surface area (Å²) < 4.78 is 36.1. The number of hydrogen-bond acceptors (Lipinski definition) is 8. The number of rotatable bonds is 6. The quantitative estimate of drug-likeness (QED) is 0.350. The molecule has 4 aromatic heterocycles. The van der Waals surface area contributed by atoms with E-state index in [0.29, 0.717) is 66.6 Å². The highest BCUT2D eigenvalue weighted by molar-refractivity contribution is 5.92. The first-order valence-corrected chi connectivity index (χ1v) is 12.7. The summed E-state index contributed by atoms with van der Waals surface area (Å²) in [4.78, 5) is 26.6. The van der Waals surface area contributed by atoms with Gasteiger partial charge in [-0.3, -0.25) is 4.79 Å². The van der Waals surface area contributed by atoms with Crippen molar-refractivity contribution in [3.05, 3.63) is 54.4 Å². The van der Waals surface area contributed by atoms with Crippen molar-refractivity contribution in [2.24, 2.45) is 5.92 Å². The summed E-state index contributed by atoms with van der Waals surface area (Å²) in [6, 6.07) is 6.41. The molecule has 1 aromatic carbocycles. The van der Waals surface area contributed by atoms with Crippen LogP contribution in [0, 0.1) is 17.6 Å². The number of benzene rings is 1. The number of nitrogens with two attached hydrogens (primary N) is 1. The first kappa shape index (κ1) is 24.8. The van der Waals surface area contributed by atoms with E-state index in [9.17, 15) is 13.6 Å². The van der Waals surface area contributed by atoms with Gasteiger partial charge in [-0.2, -0.15) is 14.6 Å². The van der Waals surface area contributed by atoms with Crippen LogP contribution in [0.25, 0.3) is 28.3 Å². The summed E-state index contributed by atoms with van der Waals surface area (Å²) in [5, 5.41) is 9.58. The zero-order valence-electron chi connectivity index (χ0n) is 21.5. The molecule has 13 heteroatoms. The molecular weight excluding hydrogens is 508 g/mol. The summed E-state index contributed by atoms with van der Waals surface area (Å²) in [7, 11) is 0. The van der Waals surface area contributed by atoms with Gasteiger partial charge < -0.3 is 20.0 Å². The SMILES string of the molecule is CC(C)C[C@@H](C(=O)N1CCN(c2ccc(F)cc2F)CC1)n1ncc2c1nc(N)n1nc(-c3ccco3)nc21. The molecule has 5 aromatic rings. The topological polar surface area (TPSA) is 124 Å². The lowest BCUT2D eigenvalue weighted by Crippen LogP contribution is -2.51. The maximum atomic E-state index is 14.3. The molecule has 202 valence electrons. The second kappa shape index (κ2) is 9.64. The molecule has 1 amide bonds. The Hall–Kier alpha value is -4.55. The van der Waals surface area contributed by atoms with Gasteiger partial charge in [-0.25, -0.2) is 18.4 Å². The second-order valence-corrected chi connectivity index (χ2v) is 10.00. The second-order valence-electron chi connectivity index (χ2n) is 10.00. The van der Waals surface area contributed by atoms with E-state index in [1.807, 2.05) is 18.7 Å². The van der Waals surface area contributed by atoms with Gasteiger partial charge in [-0.1, -0.05) is 13.8 Å². The first-order chi connectivity index (χ1) is 18.8. The molecule has 5 heterocycles. The minimum Gasteiger partial charge on any atom is -0.461 e. The van der Waals surface area contributed by atoms with Crippen molar-refractivity contribution in [2.45, 2.75) is 26.3 Å². The number of carbonyl (C=O) groups excluding carboxylic acids is 1. The molecule has 1 aliphatic rings. The van der Waals surface area contributed by atoms with Crippen LogP contribution in [0.3, 0.4) is 0 Å². The average Bonchev–Trinajstić information content (AvgIpc) is 3.67. The van der Waals surface area contributed by atoms with E-state index in [4.69, 9.17) is 10.2 Å². The number of piperazine rings is 1. The van der Waals surface area contributed by atoms with E-state index >= 15 is 0 Å². The van der Waals surface area contributed by atoms with Crippen LogP contribution in [0.4, 0.5) is 20.4 Å². The maximum absolute atomic E-state index is 14.3. The number of aromatic nitrogens is 6. The monoisotopic (exact) mass is 535 g/mol. The van der Waals surface area contributed by atoms with Crippen LogP contribution in [-0.4, -0.2) is 66.3 Å². The van der Waals surface area contributed by atoms with Crippen molar-refractivity contribution >= 4 is 34.2 Å². The minimum atomic E-state index is -0.626. The zero-order chi connectivity index (χ0) is 27.3. The van der Waals surface area contributed by atoms with Crippen molar-refractivity contribution in [1.82, 2.24) is 34.3 Å². The molecule has 39 heavy (non-hydrogen) atoms. The fraction of sp³-hybridized carbons (Fsp3) is 0.346. The molecular formula is C26H27F2N9O2. The molecule has 1 fully saturated rings. The fourth-order valence-electron chi connectivity index (χ4n) is 5.03. The molecule has 6 rings (SSSR count). The first-order valence-electron chi connectivity index (χ1n) is 12.7. The third-order valence-corrected chi connectivity index (χ3v) is 6.91. The number of fused-ring (bicyclic) bond motifs is 3. The summed E-state index contributed by atoms with van der Waals surface area (Å²) in [6.45, 7) is 5.69. The molecule has 1 aliphatic heterocycles. The van der Waals surface area contributed by atoms with Gasteiger partial charge in [0.05, 0.1) is 23.5 Å². The van der Waals surface area contributed by atoms with Crippen LogP contribution in [0.2, 0.25) is 0 Å². The summed E-state index contributed by atoms with van der Waals surface area (Å²) in [5.74, 6) is -0.198. The fourth-order valence-corrected chi connectivity index (χ4v) is 5.03. The number of carbonyl (C=O) groups is 1. The van der Waals surface area contributed by atoms with Gasteiger partial charge in [0.25, 0.3) is 0 Å². The molecule has 1 saturated heterocycles. The third-order valence-electron chi connectivity index (χ3n) is 6.91. The summed E-state index contributed by atoms with van der Waals surface area (Å²) >= 11 is 0. The van der Waals surface area contributed by atoms with Gasteiger partial charge in [0.2, 0.25) is 17.7 Å². The van der Waals surface area contributed by atoms with Crippen LogP contribution in [-0.2, 0) is 4.79 Å². The molecule has 11 nitrogen and oxygen atoms in total. The predicted molar refractivity (Wildman–Crippen MR) is 140 cm³/mol. The molecule has 0 saturated carbocycles. The molecule has 0 aliphatic carbocycles. The van der Waals surface area contributed by atoms with Crippen molar-refractivity contribution in [1.29, 1.82) is 0 Å². The van der Waals surface area contributed by atoms with Crippen LogP contribution in [0.5, 0.6) is 0 Å². The molecule has 0 unspecified atom stereocenters. The lowest BCUT2D eigenvalue weighted by molar-refractivity contribution is -0.135. The van der Waals surface area contributed by atoms with Crippen molar-refractivity contribution in [3.63, 3.8) is 0 Å². The van der Waals surface area contributed by atoms with Crippen molar-refractivity contribution in [3.8, 4) is 11.6 Å². The van der Waals surface area contributed by atoms with Crippen LogP contribution >= 0.6 is 0 Å². The number of amides is 1. The number of hydrogen-bond donors (Lipinski definition) is 1. The molecule has 0 radical (unpaired) electrons. The normalized spacial score (nSPS) is 15.1. The van der Waals surface area contributed by atoms with Crippen LogP contribution in [0.15, 0.2) is 47.2 Å². The number of halogens is 2. The van der Waals surface area contributed by atoms with Crippen LogP contribution in [0.1, 0.15) is 26.3 Å². The van der Waals surface area contributed by atoms with Gasteiger partial charge in [0.15, 0.2) is 17.1 Å². The summed E-state index contributed by atoms with van der Waals surface area (Å²) in [6.07, 6.45) is 3.68. The Labute approximate surface area is 221 Å².